The van der Waals surface area contributed by atoms with Gasteiger partial charge in [0.05, 0.1) is 31.3 Å². The van der Waals surface area contributed by atoms with Crippen molar-refractivity contribution in [3.05, 3.63) is 22.4 Å². The molecule has 2 aliphatic heterocycles. The molecule has 0 aromatic carbocycles. The molecule has 2 saturated heterocycles. The summed E-state index contributed by atoms with van der Waals surface area (Å²) in [7, 11) is 1.66. The SMILES string of the molecule is COCC1(C(=O)NCC(c2cccs2)N2CCOCC2)CCNC1. The summed E-state index contributed by atoms with van der Waals surface area (Å²) in [6, 6.07) is 4.44. The van der Waals surface area contributed by atoms with Crippen LogP contribution in [-0.2, 0) is 14.3 Å². The number of thiophene rings is 1. The van der Waals surface area contributed by atoms with Gasteiger partial charge in [-0.3, -0.25) is 9.69 Å². The lowest BCUT2D eigenvalue weighted by Gasteiger charge is -2.35. The number of hydrogen-bond donors (Lipinski definition) is 2. The number of nitrogens with one attached hydrogen (secondary N) is 2. The molecule has 6 nitrogen and oxygen atoms in total. The van der Waals surface area contributed by atoms with E-state index in [1.165, 1.54) is 4.88 Å². The lowest BCUT2D eigenvalue weighted by Crippen LogP contribution is -2.49. The second-order valence-electron chi connectivity index (χ2n) is 6.53. The number of rotatable bonds is 7. The highest BCUT2D eigenvalue weighted by atomic mass is 32.1. The predicted molar refractivity (Wildman–Crippen MR) is 94.3 cm³/mol. The van der Waals surface area contributed by atoms with Gasteiger partial charge < -0.3 is 20.1 Å². The molecule has 1 amide bonds. The maximum atomic E-state index is 12.8. The van der Waals surface area contributed by atoms with Crippen LogP contribution in [0, 0.1) is 5.41 Å². The van der Waals surface area contributed by atoms with Gasteiger partial charge in [0.1, 0.15) is 0 Å². The van der Waals surface area contributed by atoms with Crippen molar-refractivity contribution in [1.82, 2.24) is 15.5 Å². The molecule has 0 saturated carbocycles. The third-order valence-electron chi connectivity index (χ3n) is 4.96. The normalized spacial score (nSPS) is 26.4. The zero-order valence-electron chi connectivity index (χ0n) is 14.3. The van der Waals surface area contributed by atoms with E-state index in [9.17, 15) is 4.79 Å². The molecule has 0 bridgehead atoms. The van der Waals surface area contributed by atoms with Crippen LogP contribution in [0.4, 0.5) is 0 Å². The average molecular weight is 353 g/mol. The monoisotopic (exact) mass is 353 g/mol. The molecule has 7 heteroatoms. The largest absolute Gasteiger partial charge is 0.384 e. The van der Waals surface area contributed by atoms with Crippen LogP contribution in [0.5, 0.6) is 0 Å². The van der Waals surface area contributed by atoms with Crippen molar-refractivity contribution in [1.29, 1.82) is 0 Å². The molecular formula is C17H27N3O3S. The molecule has 24 heavy (non-hydrogen) atoms. The van der Waals surface area contributed by atoms with E-state index < -0.39 is 5.41 Å². The Hall–Kier alpha value is -0.990. The number of morpholine rings is 1. The standard InChI is InChI=1S/C17H27N3O3S/c1-22-13-17(4-5-18-12-17)16(21)19-11-14(15-3-2-10-24-15)20-6-8-23-9-7-20/h2-3,10,14,18H,4-9,11-13H2,1H3,(H,19,21). The van der Waals surface area contributed by atoms with Gasteiger partial charge in [0.25, 0.3) is 0 Å². The van der Waals surface area contributed by atoms with E-state index in [0.29, 0.717) is 19.7 Å². The fraction of sp³-hybridized carbons (Fsp3) is 0.706. The predicted octanol–water partition coefficient (Wildman–Crippen LogP) is 0.864. The molecule has 1 aromatic rings. The Bertz CT molecular complexity index is 511. The van der Waals surface area contributed by atoms with E-state index >= 15 is 0 Å². The zero-order chi connectivity index (χ0) is 16.8. The average Bonchev–Trinajstić information content (AvgIpc) is 3.29. The Morgan fingerprint density at radius 3 is 3.00 bits per heavy atom. The maximum absolute atomic E-state index is 12.8. The first-order valence-electron chi connectivity index (χ1n) is 8.58. The molecule has 0 aliphatic carbocycles. The molecule has 2 unspecified atom stereocenters. The van der Waals surface area contributed by atoms with Gasteiger partial charge in [0.15, 0.2) is 0 Å². The third-order valence-corrected chi connectivity index (χ3v) is 5.93. The summed E-state index contributed by atoms with van der Waals surface area (Å²) in [4.78, 5) is 16.5. The van der Waals surface area contributed by atoms with Crippen molar-refractivity contribution >= 4 is 17.2 Å². The van der Waals surface area contributed by atoms with Gasteiger partial charge in [-0.1, -0.05) is 6.07 Å². The van der Waals surface area contributed by atoms with Crippen LogP contribution in [0.25, 0.3) is 0 Å². The topological polar surface area (TPSA) is 62.8 Å². The van der Waals surface area contributed by atoms with Gasteiger partial charge in [-0.15, -0.1) is 11.3 Å². The second-order valence-corrected chi connectivity index (χ2v) is 7.51. The number of carbonyl (C=O) groups excluding carboxylic acids is 1. The minimum absolute atomic E-state index is 0.101. The summed E-state index contributed by atoms with van der Waals surface area (Å²) in [6.45, 7) is 5.98. The van der Waals surface area contributed by atoms with E-state index in [4.69, 9.17) is 9.47 Å². The summed E-state index contributed by atoms with van der Waals surface area (Å²) in [5, 5.41) is 8.59. The Morgan fingerprint density at radius 1 is 1.54 bits per heavy atom. The molecule has 2 fully saturated rings. The highest BCUT2D eigenvalue weighted by Crippen LogP contribution is 2.28. The molecule has 2 aliphatic rings. The summed E-state index contributed by atoms with van der Waals surface area (Å²) in [5.74, 6) is 0.101. The van der Waals surface area contributed by atoms with Crippen LogP contribution in [-0.4, -0.2) is 70.5 Å². The number of carbonyl (C=O) groups is 1. The Balaban J connectivity index is 1.65. The van der Waals surface area contributed by atoms with Crippen molar-refractivity contribution in [3.63, 3.8) is 0 Å². The summed E-state index contributed by atoms with van der Waals surface area (Å²) >= 11 is 1.75. The van der Waals surface area contributed by atoms with E-state index in [0.717, 1.165) is 39.3 Å². The Kier molecular flexibility index (Phi) is 6.24. The van der Waals surface area contributed by atoms with Crippen molar-refractivity contribution in [2.24, 2.45) is 5.41 Å². The first-order valence-corrected chi connectivity index (χ1v) is 9.46. The fourth-order valence-electron chi connectivity index (χ4n) is 3.56. The van der Waals surface area contributed by atoms with Crippen molar-refractivity contribution in [2.45, 2.75) is 12.5 Å². The van der Waals surface area contributed by atoms with Gasteiger partial charge in [-0.05, 0) is 24.4 Å². The van der Waals surface area contributed by atoms with E-state index in [-0.39, 0.29) is 11.9 Å². The van der Waals surface area contributed by atoms with E-state index in [1.54, 1.807) is 18.4 Å². The number of nitrogens with zero attached hydrogens (tertiary/aromatic N) is 1. The van der Waals surface area contributed by atoms with Crippen molar-refractivity contribution in [3.8, 4) is 0 Å². The van der Waals surface area contributed by atoms with E-state index in [1.807, 2.05) is 0 Å². The molecule has 3 rings (SSSR count). The first kappa shape index (κ1) is 17.8. The second kappa shape index (κ2) is 8.40. The van der Waals surface area contributed by atoms with Crippen LogP contribution < -0.4 is 10.6 Å². The van der Waals surface area contributed by atoms with Crippen molar-refractivity contribution < 1.29 is 14.3 Å². The van der Waals surface area contributed by atoms with Crippen molar-refractivity contribution in [2.75, 3.05) is 59.7 Å². The number of amides is 1. The Morgan fingerprint density at radius 2 is 2.38 bits per heavy atom. The lowest BCUT2D eigenvalue weighted by molar-refractivity contribution is -0.133. The lowest BCUT2D eigenvalue weighted by atomic mass is 9.87. The highest BCUT2D eigenvalue weighted by Gasteiger charge is 2.41. The molecule has 3 heterocycles. The summed E-state index contributed by atoms with van der Waals surface area (Å²) in [6.07, 6.45) is 0.827. The van der Waals surface area contributed by atoms with Gasteiger partial charge in [0, 0.05) is 38.2 Å². The third kappa shape index (κ3) is 3.97. The Labute approximate surface area is 147 Å². The molecule has 0 radical (unpaired) electrons. The molecule has 0 spiro atoms. The maximum Gasteiger partial charge on any atom is 0.229 e. The minimum atomic E-state index is -0.431. The van der Waals surface area contributed by atoms with Crippen LogP contribution in [0.3, 0.4) is 0 Å². The van der Waals surface area contributed by atoms with Gasteiger partial charge in [-0.25, -0.2) is 0 Å². The van der Waals surface area contributed by atoms with Crippen LogP contribution in [0.15, 0.2) is 17.5 Å². The molecule has 2 atom stereocenters. The zero-order valence-corrected chi connectivity index (χ0v) is 15.1. The van der Waals surface area contributed by atoms with Crippen LogP contribution in [0.2, 0.25) is 0 Å². The number of ether oxygens (including phenoxy) is 2. The van der Waals surface area contributed by atoms with Gasteiger partial charge in [0.2, 0.25) is 5.91 Å². The molecule has 1 aromatic heterocycles. The van der Waals surface area contributed by atoms with Crippen LogP contribution in [0.1, 0.15) is 17.3 Å². The minimum Gasteiger partial charge on any atom is -0.384 e. The molecule has 2 N–H and O–H groups in total. The highest BCUT2D eigenvalue weighted by molar-refractivity contribution is 7.10. The summed E-state index contributed by atoms with van der Waals surface area (Å²) < 4.78 is 10.8. The van der Waals surface area contributed by atoms with E-state index in [2.05, 4.69) is 33.0 Å². The van der Waals surface area contributed by atoms with Gasteiger partial charge >= 0.3 is 0 Å². The van der Waals surface area contributed by atoms with Gasteiger partial charge in [-0.2, -0.15) is 0 Å². The fourth-order valence-corrected chi connectivity index (χ4v) is 4.42. The molecule has 134 valence electrons. The quantitative estimate of drug-likeness (QED) is 0.761. The first-order chi connectivity index (χ1) is 11.7. The summed E-state index contributed by atoms with van der Waals surface area (Å²) in [5.41, 5.74) is -0.431. The number of methoxy groups -OCH3 is 1. The molecular weight excluding hydrogens is 326 g/mol. The number of hydrogen-bond acceptors (Lipinski definition) is 6. The smallest absolute Gasteiger partial charge is 0.229 e. The van der Waals surface area contributed by atoms with Crippen LogP contribution >= 0.6 is 11.3 Å².